The molecule has 0 aromatic carbocycles. The quantitative estimate of drug-likeness (QED) is 0.0176. The molecule has 7 atom stereocenters. The Hall–Kier alpha value is -3.28. The van der Waals surface area contributed by atoms with Crippen molar-refractivity contribution in [1.82, 2.24) is 9.55 Å². The Kier molecular flexibility index (Phi) is 36.1. The maximum atomic E-state index is 12.9. The van der Waals surface area contributed by atoms with E-state index in [1.54, 1.807) is 0 Å². The fourth-order valence-electron chi connectivity index (χ4n) is 7.73. The van der Waals surface area contributed by atoms with Gasteiger partial charge in [0.15, 0.2) is 12.3 Å². The molecule has 1 aromatic heterocycles. The first-order valence-corrected chi connectivity index (χ1v) is 29.6. The van der Waals surface area contributed by atoms with E-state index in [-0.39, 0.29) is 18.7 Å². The Morgan fingerprint density at radius 3 is 1.68 bits per heavy atom. The number of hydrogen-bond donors (Lipinski definition) is 5. The fourth-order valence-corrected chi connectivity index (χ4v) is 9.84. The standard InChI is InChI=1S/C52H89N3O15P2/c1-3-5-7-9-11-13-15-17-19-20-21-22-24-26-28-30-32-34-36-38-48(57)68-44(41-65-47(56)37-35-33-31-29-27-25-23-18-16-14-12-10-8-6-4-2)42-66-71(61,62)70-72(63,64)67-43-45-49(58)50(59)51(69-45)55-40-39-46(53)54-52(55)60/h11,13,17-19,21-23,39-40,44-45,49-51,58-59H,3-10,12,14-16,20,24-38,41-43H2,1-2H3,(H,61,62)(H,63,64)(H2,53,54,60)/b13-11-,19-17-,22-21-,23-18-/t44-,45-,49+,50?,51-/m1/s1. The summed E-state index contributed by atoms with van der Waals surface area (Å²) in [7, 11) is -10.9. The van der Waals surface area contributed by atoms with Crippen molar-refractivity contribution in [3.63, 3.8) is 0 Å². The molecule has 2 heterocycles. The second kappa shape index (κ2) is 40.1. The summed E-state index contributed by atoms with van der Waals surface area (Å²) in [5.41, 5.74) is 4.59. The minimum Gasteiger partial charge on any atom is -0.462 e. The Balaban J connectivity index is 1.79. The largest absolute Gasteiger partial charge is 0.481 e. The van der Waals surface area contributed by atoms with Crippen molar-refractivity contribution in [1.29, 1.82) is 0 Å². The van der Waals surface area contributed by atoms with Crippen molar-refractivity contribution in [2.75, 3.05) is 25.6 Å². The van der Waals surface area contributed by atoms with Crippen LogP contribution in [0.1, 0.15) is 200 Å². The fraction of sp³-hybridized carbons (Fsp3) is 0.731. The van der Waals surface area contributed by atoms with Crippen molar-refractivity contribution < 1.29 is 66.3 Å². The molecular formula is C52H89N3O15P2. The van der Waals surface area contributed by atoms with Gasteiger partial charge < -0.3 is 39.9 Å². The molecule has 18 nitrogen and oxygen atoms in total. The van der Waals surface area contributed by atoms with Crippen molar-refractivity contribution in [3.05, 3.63) is 71.4 Å². The average molecular weight is 1060 g/mol. The number of esters is 2. The van der Waals surface area contributed by atoms with Crippen LogP contribution in [0, 0.1) is 0 Å². The van der Waals surface area contributed by atoms with Gasteiger partial charge in [0.1, 0.15) is 30.7 Å². The molecule has 1 saturated heterocycles. The normalized spacial score (nSPS) is 19.4. The molecule has 0 radical (unpaired) electrons. The number of aliphatic hydroxyl groups is 2. The van der Waals surface area contributed by atoms with Gasteiger partial charge in [-0.05, 0) is 83.1 Å². The lowest BCUT2D eigenvalue weighted by molar-refractivity contribution is -0.161. The molecule has 0 amide bonds. The van der Waals surface area contributed by atoms with Gasteiger partial charge in [0.05, 0.1) is 13.2 Å². The number of aliphatic hydroxyl groups excluding tert-OH is 2. The summed E-state index contributed by atoms with van der Waals surface area (Å²) in [5, 5.41) is 20.9. The van der Waals surface area contributed by atoms with Crippen molar-refractivity contribution in [2.24, 2.45) is 0 Å². The topological polar surface area (TPSA) is 265 Å². The minimum atomic E-state index is -5.43. The third-order valence-electron chi connectivity index (χ3n) is 11.9. The van der Waals surface area contributed by atoms with Crippen LogP contribution in [0.25, 0.3) is 0 Å². The number of allylic oxidation sites excluding steroid dienone is 8. The van der Waals surface area contributed by atoms with Crippen molar-refractivity contribution in [3.8, 4) is 0 Å². The van der Waals surface area contributed by atoms with E-state index < -0.39 is 83.7 Å². The third-order valence-corrected chi connectivity index (χ3v) is 14.5. The highest BCUT2D eigenvalue weighted by atomic mass is 31.3. The predicted molar refractivity (Wildman–Crippen MR) is 279 cm³/mol. The zero-order valence-corrected chi connectivity index (χ0v) is 45.0. The molecular weight excluding hydrogens is 969 g/mol. The number of phosphoric ester groups is 2. The van der Waals surface area contributed by atoms with Gasteiger partial charge in [-0.15, -0.1) is 0 Å². The van der Waals surface area contributed by atoms with Crippen LogP contribution in [0.5, 0.6) is 0 Å². The maximum absolute atomic E-state index is 12.9. The zero-order chi connectivity index (χ0) is 52.7. The van der Waals surface area contributed by atoms with E-state index in [0.29, 0.717) is 12.8 Å². The van der Waals surface area contributed by atoms with Gasteiger partial charge in [0.2, 0.25) is 0 Å². The lowest BCUT2D eigenvalue weighted by atomic mass is 10.1. The summed E-state index contributed by atoms with van der Waals surface area (Å²) < 4.78 is 56.9. The smallest absolute Gasteiger partial charge is 0.462 e. The van der Waals surface area contributed by atoms with Gasteiger partial charge in [0, 0.05) is 19.0 Å². The van der Waals surface area contributed by atoms with Gasteiger partial charge in [-0.2, -0.15) is 9.29 Å². The van der Waals surface area contributed by atoms with Crippen LogP contribution in [0.15, 0.2) is 65.7 Å². The van der Waals surface area contributed by atoms with Crippen molar-refractivity contribution >= 4 is 33.4 Å². The molecule has 1 aliphatic rings. The van der Waals surface area contributed by atoms with E-state index in [2.05, 4.69) is 71.8 Å². The first kappa shape index (κ1) is 64.8. The first-order valence-electron chi connectivity index (χ1n) is 26.6. The van der Waals surface area contributed by atoms with Gasteiger partial charge in [0.25, 0.3) is 0 Å². The second-order valence-corrected chi connectivity index (χ2v) is 21.4. The molecule has 6 N–H and O–H groups in total. The van der Waals surface area contributed by atoms with Crippen LogP contribution in [-0.2, 0) is 46.3 Å². The van der Waals surface area contributed by atoms with Crippen LogP contribution in [-0.4, -0.2) is 85.7 Å². The van der Waals surface area contributed by atoms with Gasteiger partial charge >= 0.3 is 33.3 Å². The van der Waals surface area contributed by atoms with Crippen molar-refractivity contribution in [2.45, 2.75) is 224 Å². The second-order valence-electron chi connectivity index (χ2n) is 18.4. The number of phosphoric acid groups is 2. The van der Waals surface area contributed by atoms with E-state index in [0.717, 1.165) is 107 Å². The summed E-state index contributed by atoms with van der Waals surface area (Å²) in [6.45, 7) is 2.12. The van der Waals surface area contributed by atoms with E-state index in [9.17, 15) is 43.5 Å². The third kappa shape index (κ3) is 32.1. The monoisotopic (exact) mass is 1060 g/mol. The van der Waals surface area contributed by atoms with Crippen LogP contribution in [0.2, 0.25) is 0 Å². The molecule has 1 aromatic rings. The highest BCUT2D eigenvalue weighted by molar-refractivity contribution is 7.61. The Labute approximate surface area is 429 Å². The molecule has 1 fully saturated rings. The summed E-state index contributed by atoms with van der Waals surface area (Å²) in [6, 6.07) is 1.25. The van der Waals surface area contributed by atoms with E-state index >= 15 is 0 Å². The SMILES string of the molecule is CCCCC/C=C\C/C=C\C/C=C\CCCCCCCCC(=O)O[C@H](COC(=O)CCCCCCC/C=C\CCCCCCCC)COP(=O)(O)OP(=O)(O)OC[C@H]1O[C@@H](n2ccc(N)nc2=O)C(O)[C@H]1O. The van der Waals surface area contributed by atoms with Gasteiger partial charge in [-0.1, -0.05) is 152 Å². The Morgan fingerprint density at radius 1 is 0.667 bits per heavy atom. The molecule has 1 aliphatic heterocycles. The van der Waals surface area contributed by atoms with Crippen LogP contribution >= 0.6 is 15.6 Å². The Morgan fingerprint density at radius 2 is 1.12 bits per heavy atom. The molecule has 0 spiro atoms. The minimum absolute atomic E-state index is 0.0331. The van der Waals surface area contributed by atoms with Gasteiger partial charge in [-0.25, -0.2) is 13.9 Å². The highest BCUT2D eigenvalue weighted by Gasteiger charge is 2.46. The van der Waals surface area contributed by atoms with Crippen LogP contribution in [0.3, 0.4) is 0 Å². The number of nitrogen functional groups attached to an aromatic ring is 1. The van der Waals surface area contributed by atoms with Crippen LogP contribution in [0.4, 0.5) is 5.82 Å². The molecule has 0 saturated carbocycles. The number of unbranched alkanes of at least 4 members (excludes halogenated alkanes) is 20. The van der Waals surface area contributed by atoms with Gasteiger partial charge in [-0.3, -0.25) is 23.2 Å². The molecule has 2 rings (SSSR count). The molecule has 0 bridgehead atoms. The number of ether oxygens (including phenoxy) is 3. The molecule has 412 valence electrons. The van der Waals surface area contributed by atoms with Crippen LogP contribution < -0.4 is 11.4 Å². The maximum Gasteiger partial charge on any atom is 0.481 e. The van der Waals surface area contributed by atoms with E-state index in [1.807, 2.05) is 0 Å². The number of anilines is 1. The van der Waals surface area contributed by atoms with E-state index in [1.165, 1.54) is 63.9 Å². The Bertz CT molecular complexity index is 1890. The number of nitrogens with two attached hydrogens (primary N) is 1. The zero-order valence-electron chi connectivity index (χ0n) is 43.2. The van der Waals surface area contributed by atoms with E-state index in [4.69, 9.17) is 29.0 Å². The number of hydrogen-bond acceptors (Lipinski definition) is 15. The molecule has 0 aliphatic carbocycles. The summed E-state index contributed by atoms with van der Waals surface area (Å²) in [4.78, 5) is 62.0. The first-order chi connectivity index (χ1) is 34.7. The predicted octanol–water partition coefficient (Wildman–Crippen LogP) is 11.3. The lowest BCUT2D eigenvalue weighted by Gasteiger charge is -2.21. The average Bonchev–Trinajstić information content (AvgIpc) is 3.62. The number of rotatable bonds is 44. The summed E-state index contributed by atoms with van der Waals surface area (Å²) in [5.74, 6) is -1.32. The number of nitrogens with zero attached hydrogens (tertiary/aromatic N) is 2. The number of carbonyl (C=O) groups is 2. The lowest BCUT2D eigenvalue weighted by Crippen LogP contribution is -2.36. The molecule has 20 heteroatoms. The highest BCUT2D eigenvalue weighted by Crippen LogP contribution is 2.60. The number of aromatic nitrogens is 2. The molecule has 3 unspecified atom stereocenters. The summed E-state index contributed by atoms with van der Waals surface area (Å²) in [6.07, 6.45) is 38.9. The number of carbonyl (C=O) groups excluding carboxylic acids is 2. The molecule has 72 heavy (non-hydrogen) atoms. The summed E-state index contributed by atoms with van der Waals surface area (Å²) >= 11 is 0.